The van der Waals surface area contributed by atoms with E-state index < -0.39 is 42.9 Å². The summed E-state index contributed by atoms with van der Waals surface area (Å²) >= 11 is 0. The molecule has 0 heterocycles. The number of rotatable bonds is 8. The van der Waals surface area contributed by atoms with Crippen LogP contribution in [0.3, 0.4) is 0 Å². The Bertz CT molecular complexity index is 720. The van der Waals surface area contributed by atoms with Crippen molar-refractivity contribution in [2.45, 2.75) is 37.8 Å². The molecule has 0 aliphatic heterocycles. The third-order valence-corrected chi connectivity index (χ3v) is 4.19. The second-order valence-corrected chi connectivity index (χ2v) is 6.39. The summed E-state index contributed by atoms with van der Waals surface area (Å²) in [6, 6.07) is 5.03. The number of esters is 2. The van der Waals surface area contributed by atoms with Crippen molar-refractivity contribution in [3.63, 3.8) is 0 Å². The summed E-state index contributed by atoms with van der Waals surface area (Å²) in [7, 11) is 0. The SMILES string of the molecule is C=CC(=O)OCC1CCC(OC(=O)COc2ccccc2OC(F)(F)F)C(O)C1. The number of hydrogen-bond acceptors (Lipinski definition) is 7. The van der Waals surface area contributed by atoms with Crippen LogP contribution in [0.25, 0.3) is 0 Å². The monoisotopic (exact) mass is 418 g/mol. The van der Waals surface area contributed by atoms with Crippen molar-refractivity contribution >= 4 is 11.9 Å². The van der Waals surface area contributed by atoms with Crippen LogP contribution in [0.1, 0.15) is 19.3 Å². The van der Waals surface area contributed by atoms with E-state index in [9.17, 15) is 27.9 Å². The summed E-state index contributed by atoms with van der Waals surface area (Å²) in [5.74, 6) is -2.32. The number of benzene rings is 1. The molecule has 29 heavy (non-hydrogen) atoms. The molecule has 3 atom stereocenters. The van der Waals surface area contributed by atoms with E-state index in [1.165, 1.54) is 18.2 Å². The van der Waals surface area contributed by atoms with Gasteiger partial charge in [-0.05, 0) is 37.3 Å². The van der Waals surface area contributed by atoms with Gasteiger partial charge in [0.15, 0.2) is 18.1 Å². The van der Waals surface area contributed by atoms with Gasteiger partial charge in [-0.25, -0.2) is 9.59 Å². The standard InChI is InChI=1S/C19H21F3O7/c1-2-17(24)27-10-12-7-8-14(13(23)9-12)28-18(25)11-26-15-5-3-4-6-16(15)29-19(20,21)22/h2-6,12-14,23H,1,7-11H2. The molecule has 1 aliphatic rings. The second-order valence-electron chi connectivity index (χ2n) is 6.39. The third-order valence-electron chi connectivity index (χ3n) is 4.19. The van der Waals surface area contributed by atoms with Crippen LogP contribution >= 0.6 is 0 Å². The Kier molecular flexibility index (Phi) is 7.89. The van der Waals surface area contributed by atoms with Crippen molar-refractivity contribution in [1.82, 2.24) is 0 Å². The van der Waals surface area contributed by atoms with Crippen LogP contribution in [0, 0.1) is 5.92 Å². The molecule has 0 bridgehead atoms. The van der Waals surface area contributed by atoms with Gasteiger partial charge in [0.25, 0.3) is 0 Å². The summed E-state index contributed by atoms with van der Waals surface area (Å²) in [6.45, 7) is 2.77. The van der Waals surface area contributed by atoms with Crippen molar-refractivity contribution in [2.24, 2.45) is 5.92 Å². The molecule has 2 rings (SSSR count). The van der Waals surface area contributed by atoms with E-state index in [-0.39, 0.29) is 24.7 Å². The van der Waals surface area contributed by atoms with Crippen LogP contribution in [-0.2, 0) is 19.1 Å². The highest BCUT2D eigenvalue weighted by atomic mass is 19.4. The van der Waals surface area contributed by atoms with Crippen molar-refractivity contribution in [2.75, 3.05) is 13.2 Å². The smallest absolute Gasteiger partial charge is 0.478 e. The summed E-state index contributed by atoms with van der Waals surface area (Å²) in [4.78, 5) is 23.0. The summed E-state index contributed by atoms with van der Waals surface area (Å²) < 4.78 is 56.2. The normalized spacial score (nSPS) is 21.7. The third kappa shape index (κ3) is 7.65. The van der Waals surface area contributed by atoms with Crippen LogP contribution in [0.5, 0.6) is 11.5 Å². The van der Waals surface area contributed by atoms with Gasteiger partial charge >= 0.3 is 18.3 Å². The molecule has 1 N–H and O–H groups in total. The molecular weight excluding hydrogens is 397 g/mol. The van der Waals surface area contributed by atoms with Crippen LogP contribution in [-0.4, -0.2) is 48.8 Å². The minimum absolute atomic E-state index is 0.0773. The van der Waals surface area contributed by atoms with E-state index >= 15 is 0 Å². The van der Waals surface area contributed by atoms with E-state index in [0.29, 0.717) is 12.8 Å². The van der Waals surface area contributed by atoms with Gasteiger partial charge in [-0.1, -0.05) is 18.7 Å². The fraction of sp³-hybridized carbons (Fsp3) is 0.474. The predicted octanol–water partition coefficient (Wildman–Crippen LogP) is 2.77. The van der Waals surface area contributed by atoms with Crippen LogP contribution in [0.15, 0.2) is 36.9 Å². The molecule has 0 radical (unpaired) electrons. The van der Waals surface area contributed by atoms with E-state index in [1.807, 2.05) is 0 Å². The minimum Gasteiger partial charge on any atom is -0.478 e. The quantitative estimate of drug-likeness (QED) is 0.513. The molecule has 1 aliphatic carbocycles. The number of alkyl halides is 3. The summed E-state index contributed by atoms with van der Waals surface area (Å²) in [5, 5.41) is 10.1. The Morgan fingerprint density at radius 1 is 1.21 bits per heavy atom. The number of carbonyl (C=O) groups is 2. The van der Waals surface area contributed by atoms with Gasteiger partial charge in [-0.3, -0.25) is 0 Å². The first kappa shape index (κ1) is 22.5. The van der Waals surface area contributed by atoms with Crippen LogP contribution < -0.4 is 9.47 Å². The Morgan fingerprint density at radius 3 is 2.52 bits per heavy atom. The Balaban J connectivity index is 1.80. The lowest BCUT2D eigenvalue weighted by Crippen LogP contribution is -2.39. The van der Waals surface area contributed by atoms with Crippen molar-refractivity contribution in [3.8, 4) is 11.5 Å². The highest BCUT2D eigenvalue weighted by Gasteiger charge is 2.34. The van der Waals surface area contributed by atoms with Gasteiger partial charge in [0.05, 0.1) is 12.7 Å². The maximum absolute atomic E-state index is 12.4. The first-order valence-corrected chi connectivity index (χ1v) is 8.82. The Hall–Kier alpha value is -2.75. The minimum atomic E-state index is -4.90. The van der Waals surface area contributed by atoms with Gasteiger partial charge in [-0.15, -0.1) is 13.2 Å². The predicted molar refractivity (Wildman–Crippen MR) is 93.0 cm³/mol. The zero-order valence-electron chi connectivity index (χ0n) is 15.4. The number of carbonyl (C=O) groups excluding carboxylic acids is 2. The molecule has 10 heteroatoms. The number of ether oxygens (including phenoxy) is 4. The number of hydrogen-bond donors (Lipinski definition) is 1. The summed E-state index contributed by atoms with van der Waals surface area (Å²) in [6.07, 6.45) is -4.42. The molecule has 0 spiro atoms. The Morgan fingerprint density at radius 2 is 1.90 bits per heavy atom. The molecule has 0 amide bonds. The van der Waals surface area contributed by atoms with Gasteiger partial charge in [0, 0.05) is 6.08 Å². The van der Waals surface area contributed by atoms with E-state index in [0.717, 1.165) is 12.1 Å². The van der Waals surface area contributed by atoms with E-state index in [4.69, 9.17) is 14.2 Å². The first-order chi connectivity index (χ1) is 13.7. The van der Waals surface area contributed by atoms with Gasteiger partial charge in [0.2, 0.25) is 0 Å². The molecule has 0 aromatic heterocycles. The molecule has 160 valence electrons. The number of aliphatic hydroxyl groups excluding tert-OH is 1. The second kappa shape index (κ2) is 10.1. The first-order valence-electron chi connectivity index (χ1n) is 8.82. The highest BCUT2D eigenvalue weighted by molar-refractivity contribution is 5.81. The maximum atomic E-state index is 12.4. The van der Waals surface area contributed by atoms with Crippen LogP contribution in [0.2, 0.25) is 0 Å². The van der Waals surface area contributed by atoms with Gasteiger partial charge in [0.1, 0.15) is 6.10 Å². The lowest BCUT2D eigenvalue weighted by molar-refractivity contribution is -0.275. The average Bonchev–Trinajstić information content (AvgIpc) is 2.66. The van der Waals surface area contributed by atoms with Crippen molar-refractivity contribution < 1.29 is 46.8 Å². The Labute approximate surface area is 165 Å². The number of halogens is 3. The molecule has 1 aromatic carbocycles. The molecule has 1 aromatic rings. The average molecular weight is 418 g/mol. The zero-order valence-corrected chi connectivity index (χ0v) is 15.4. The number of aliphatic hydroxyl groups is 1. The molecule has 1 fully saturated rings. The fourth-order valence-electron chi connectivity index (χ4n) is 2.87. The topological polar surface area (TPSA) is 91.3 Å². The van der Waals surface area contributed by atoms with Crippen LogP contribution in [0.4, 0.5) is 13.2 Å². The van der Waals surface area contributed by atoms with Crippen molar-refractivity contribution in [3.05, 3.63) is 36.9 Å². The number of para-hydroxylation sites is 2. The highest BCUT2D eigenvalue weighted by Crippen LogP contribution is 2.32. The van der Waals surface area contributed by atoms with E-state index in [1.54, 1.807) is 0 Å². The molecule has 0 saturated heterocycles. The van der Waals surface area contributed by atoms with Gasteiger partial charge in [-0.2, -0.15) is 0 Å². The molecule has 1 saturated carbocycles. The van der Waals surface area contributed by atoms with Gasteiger partial charge < -0.3 is 24.1 Å². The van der Waals surface area contributed by atoms with Crippen molar-refractivity contribution in [1.29, 1.82) is 0 Å². The largest absolute Gasteiger partial charge is 0.573 e. The molecule has 3 unspecified atom stereocenters. The molecular formula is C19H21F3O7. The lowest BCUT2D eigenvalue weighted by Gasteiger charge is -2.32. The van der Waals surface area contributed by atoms with E-state index in [2.05, 4.69) is 11.3 Å². The lowest BCUT2D eigenvalue weighted by atomic mass is 9.86. The fourth-order valence-corrected chi connectivity index (χ4v) is 2.87. The maximum Gasteiger partial charge on any atom is 0.573 e. The molecule has 7 nitrogen and oxygen atoms in total. The zero-order chi connectivity index (χ0) is 21.4. The summed E-state index contributed by atoms with van der Waals surface area (Å²) in [5.41, 5.74) is 0.